The number of thiazole rings is 1. The van der Waals surface area contributed by atoms with Gasteiger partial charge in [-0.25, -0.2) is 4.98 Å². The number of carbonyl (C=O) groups excluding carboxylic acids is 1. The summed E-state index contributed by atoms with van der Waals surface area (Å²) in [5, 5.41) is 15.9. The van der Waals surface area contributed by atoms with Gasteiger partial charge in [0.25, 0.3) is 5.69 Å². The monoisotopic (exact) mass is 413 g/mol. The fourth-order valence-corrected chi connectivity index (χ4v) is 4.23. The maximum Gasteiger partial charge on any atom is 0.293 e. The van der Waals surface area contributed by atoms with E-state index in [9.17, 15) is 14.9 Å². The second-order valence-corrected chi connectivity index (χ2v) is 8.44. The molecule has 0 aliphatic rings. The molecule has 0 spiro atoms. The smallest absolute Gasteiger partial charge is 0.293 e. The number of nitro benzene ring substituents is 1. The molecule has 0 aliphatic heterocycles. The Labute approximate surface area is 171 Å². The highest BCUT2D eigenvalue weighted by Crippen LogP contribution is 2.31. The molecule has 0 fully saturated rings. The van der Waals surface area contributed by atoms with Crippen LogP contribution in [-0.4, -0.2) is 21.6 Å². The van der Waals surface area contributed by atoms with Crippen molar-refractivity contribution in [2.45, 2.75) is 25.1 Å². The van der Waals surface area contributed by atoms with Gasteiger partial charge in [-0.15, -0.1) is 11.3 Å². The molecule has 28 heavy (non-hydrogen) atoms. The second kappa shape index (κ2) is 8.53. The lowest BCUT2D eigenvalue weighted by molar-refractivity contribution is -0.384. The first-order chi connectivity index (χ1) is 13.3. The molecular weight excluding hydrogens is 394 g/mol. The van der Waals surface area contributed by atoms with Crippen LogP contribution in [0.15, 0.2) is 46.1 Å². The largest absolute Gasteiger partial charge is 0.319 e. The van der Waals surface area contributed by atoms with E-state index >= 15 is 0 Å². The van der Waals surface area contributed by atoms with Gasteiger partial charge >= 0.3 is 0 Å². The van der Waals surface area contributed by atoms with Crippen LogP contribution < -0.4 is 5.32 Å². The van der Waals surface area contributed by atoms with Crippen LogP contribution in [-0.2, 0) is 4.79 Å². The Hall–Kier alpha value is -2.71. The highest BCUT2D eigenvalue weighted by atomic mass is 32.2. The molecular formula is C20H19N3O3S2. The predicted molar refractivity (Wildman–Crippen MR) is 114 cm³/mol. The van der Waals surface area contributed by atoms with Gasteiger partial charge in [0.1, 0.15) is 5.69 Å². The summed E-state index contributed by atoms with van der Waals surface area (Å²) in [6.07, 6.45) is 0. The van der Waals surface area contributed by atoms with Crippen LogP contribution in [0.3, 0.4) is 0 Å². The zero-order chi connectivity index (χ0) is 20.3. The molecule has 1 aromatic heterocycles. The number of aryl methyl sites for hydroxylation is 2. The minimum absolute atomic E-state index is 0.0997. The lowest BCUT2D eigenvalue weighted by Crippen LogP contribution is -2.16. The number of nitro groups is 1. The lowest BCUT2D eigenvalue weighted by Gasteiger charge is -2.10. The van der Waals surface area contributed by atoms with Crippen LogP contribution in [0.4, 0.5) is 11.4 Å². The number of benzene rings is 2. The maximum atomic E-state index is 12.4. The average molecular weight is 414 g/mol. The summed E-state index contributed by atoms with van der Waals surface area (Å²) in [5.74, 6) is -0.167. The predicted octanol–water partition coefficient (Wildman–Crippen LogP) is 5.37. The van der Waals surface area contributed by atoms with Crippen LogP contribution in [0.25, 0.3) is 11.3 Å². The number of aromatic nitrogens is 1. The molecule has 3 rings (SSSR count). The van der Waals surface area contributed by atoms with Crippen LogP contribution in [0.1, 0.15) is 16.7 Å². The number of nitrogens with zero attached hydrogens (tertiary/aromatic N) is 2. The van der Waals surface area contributed by atoms with Gasteiger partial charge < -0.3 is 5.32 Å². The van der Waals surface area contributed by atoms with Crippen LogP contribution in [0, 0.1) is 30.9 Å². The first-order valence-electron chi connectivity index (χ1n) is 8.55. The molecule has 0 saturated heterocycles. The summed E-state index contributed by atoms with van der Waals surface area (Å²) in [4.78, 5) is 27.7. The molecule has 1 heterocycles. The van der Waals surface area contributed by atoms with Crippen molar-refractivity contribution >= 4 is 40.4 Å². The zero-order valence-electron chi connectivity index (χ0n) is 15.7. The molecule has 1 N–H and O–H groups in total. The molecule has 0 unspecified atom stereocenters. The minimum atomic E-state index is -0.482. The van der Waals surface area contributed by atoms with E-state index in [0.717, 1.165) is 21.2 Å². The molecule has 6 nitrogen and oxygen atoms in total. The summed E-state index contributed by atoms with van der Waals surface area (Å²) >= 11 is 2.79. The Balaban J connectivity index is 1.66. The number of carbonyl (C=O) groups is 1. The normalized spacial score (nSPS) is 10.7. The lowest BCUT2D eigenvalue weighted by atomic mass is 10.1. The summed E-state index contributed by atoms with van der Waals surface area (Å²) in [6, 6.07) is 11.2. The van der Waals surface area contributed by atoms with Gasteiger partial charge in [-0.2, -0.15) is 0 Å². The molecule has 2 aromatic carbocycles. The highest BCUT2D eigenvalue weighted by Gasteiger charge is 2.19. The van der Waals surface area contributed by atoms with Gasteiger partial charge in [0.2, 0.25) is 5.91 Å². The number of anilines is 1. The maximum absolute atomic E-state index is 12.4. The van der Waals surface area contributed by atoms with E-state index < -0.39 is 4.92 Å². The second-order valence-electron chi connectivity index (χ2n) is 6.36. The van der Waals surface area contributed by atoms with Gasteiger partial charge in [0, 0.05) is 17.0 Å². The number of amides is 1. The first-order valence-corrected chi connectivity index (χ1v) is 10.4. The Morgan fingerprint density at radius 3 is 2.57 bits per heavy atom. The topological polar surface area (TPSA) is 85.1 Å². The van der Waals surface area contributed by atoms with Crippen LogP contribution in [0.5, 0.6) is 0 Å². The van der Waals surface area contributed by atoms with Crippen molar-refractivity contribution in [1.82, 2.24) is 4.98 Å². The summed E-state index contributed by atoms with van der Waals surface area (Å²) < 4.78 is 0.779. The van der Waals surface area contributed by atoms with E-state index in [1.54, 1.807) is 13.0 Å². The quantitative estimate of drug-likeness (QED) is 0.333. The van der Waals surface area contributed by atoms with Gasteiger partial charge in [-0.05, 0) is 31.9 Å². The van der Waals surface area contributed by atoms with Gasteiger partial charge in [-0.3, -0.25) is 14.9 Å². The molecule has 0 saturated carbocycles. The third-order valence-electron chi connectivity index (χ3n) is 4.33. The van der Waals surface area contributed by atoms with Crippen molar-refractivity contribution < 1.29 is 9.72 Å². The van der Waals surface area contributed by atoms with E-state index in [0.29, 0.717) is 5.56 Å². The first kappa shape index (κ1) is 20.0. The zero-order valence-corrected chi connectivity index (χ0v) is 17.3. The van der Waals surface area contributed by atoms with Gasteiger partial charge in [0.15, 0.2) is 4.34 Å². The summed E-state index contributed by atoms with van der Waals surface area (Å²) in [7, 11) is 0. The van der Waals surface area contributed by atoms with Crippen molar-refractivity contribution in [3.63, 3.8) is 0 Å². The van der Waals surface area contributed by atoms with Crippen LogP contribution >= 0.6 is 23.1 Å². The van der Waals surface area contributed by atoms with Crippen molar-refractivity contribution in [3.05, 3.63) is 68.6 Å². The molecule has 3 aromatic rings. The van der Waals surface area contributed by atoms with Crippen molar-refractivity contribution in [2.75, 3.05) is 11.1 Å². The number of nitrogens with one attached hydrogen (secondary N) is 1. The third-order valence-corrected chi connectivity index (χ3v) is 6.35. The number of rotatable bonds is 6. The van der Waals surface area contributed by atoms with E-state index in [1.165, 1.54) is 34.7 Å². The number of hydrogen-bond acceptors (Lipinski definition) is 6. The molecule has 8 heteroatoms. The van der Waals surface area contributed by atoms with Crippen molar-refractivity contribution in [2.24, 2.45) is 0 Å². The minimum Gasteiger partial charge on any atom is -0.319 e. The fraction of sp³-hybridized carbons (Fsp3) is 0.200. The fourth-order valence-electron chi connectivity index (χ4n) is 2.59. The molecule has 0 radical (unpaired) electrons. The Morgan fingerprint density at radius 2 is 1.89 bits per heavy atom. The van der Waals surface area contributed by atoms with E-state index in [1.807, 2.05) is 43.5 Å². The molecule has 0 atom stereocenters. The van der Waals surface area contributed by atoms with Crippen LogP contribution in [0.2, 0.25) is 0 Å². The summed E-state index contributed by atoms with van der Waals surface area (Å²) in [5.41, 5.74) is 4.83. The Bertz CT molecular complexity index is 1030. The van der Waals surface area contributed by atoms with E-state index in [2.05, 4.69) is 10.3 Å². The van der Waals surface area contributed by atoms with Crippen molar-refractivity contribution in [1.29, 1.82) is 0 Å². The van der Waals surface area contributed by atoms with Crippen molar-refractivity contribution in [3.8, 4) is 11.3 Å². The molecule has 1 amide bonds. The molecule has 144 valence electrons. The molecule has 0 bridgehead atoms. The van der Waals surface area contributed by atoms with E-state index in [4.69, 9.17) is 0 Å². The van der Waals surface area contributed by atoms with E-state index in [-0.39, 0.29) is 23.0 Å². The SMILES string of the molecule is Cc1ccc(-c2csc(SCC(=O)Nc3c([N+](=O)[O-])ccc(C)c3C)n2)cc1. The Kier molecular flexibility index (Phi) is 6.11. The third kappa shape index (κ3) is 4.58. The standard InChI is InChI=1S/C20H19N3O3S2/c1-12-4-7-15(8-5-12)16-10-27-20(21-16)28-11-18(24)22-19-14(3)13(2)6-9-17(19)23(25)26/h4-10H,11H2,1-3H3,(H,22,24). The van der Waals surface area contributed by atoms with Gasteiger partial charge in [-0.1, -0.05) is 47.7 Å². The number of thioether (sulfide) groups is 1. The highest BCUT2D eigenvalue weighted by molar-refractivity contribution is 8.01. The average Bonchev–Trinajstić information content (AvgIpc) is 3.13. The molecule has 0 aliphatic carbocycles. The Morgan fingerprint density at radius 1 is 1.18 bits per heavy atom. The van der Waals surface area contributed by atoms with Gasteiger partial charge in [0.05, 0.1) is 16.4 Å². The summed E-state index contributed by atoms with van der Waals surface area (Å²) in [6.45, 7) is 5.65. The number of hydrogen-bond donors (Lipinski definition) is 1.